The van der Waals surface area contributed by atoms with Crippen molar-refractivity contribution in [1.82, 2.24) is 38.9 Å². The summed E-state index contributed by atoms with van der Waals surface area (Å²) in [6.07, 6.45) is 8.96. The largest absolute Gasteiger partial charge is 0.381 e. The van der Waals surface area contributed by atoms with E-state index in [1.807, 2.05) is 0 Å². The molecule has 0 aliphatic heterocycles. The summed E-state index contributed by atoms with van der Waals surface area (Å²) in [6, 6.07) is 9.01. The maximum Gasteiger partial charge on any atom is 0.333 e. The molecule has 0 unspecified atom stereocenters. The van der Waals surface area contributed by atoms with Gasteiger partial charge in [-0.1, -0.05) is 11.3 Å². The molecule has 1 N–H and O–H groups in total. The standard InChI is InChI=1S/C23H20F2N8O2/c1-16(23(35,13-30-15-26-14-28-30)20-7-2-17(24)12-21(20)25)31-10-11-32(22(31)34)18-3-5-19(6-4-18)33-9-8-27-29-33/h2-12,14-16,35H,13H2,1H3/t16-,23-/m1/s1. The van der Waals surface area contributed by atoms with E-state index < -0.39 is 29.0 Å². The van der Waals surface area contributed by atoms with E-state index in [0.29, 0.717) is 11.8 Å². The fraction of sp³-hybridized carbons (Fsp3) is 0.174. The molecule has 3 heterocycles. The molecule has 0 aliphatic carbocycles. The predicted molar refractivity (Wildman–Crippen MR) is 120 cm³/mol. The van der Waals surface area contributed by atoms with Crippen molar-refractivity contribution in [3.8, 4) is 11.4 Å². The van der Waals surface area contributed by atoms with Gasteiger partial charge in [0, 0.05) is 24.0 Å². The van der Waals surface area contributed by atoms with Gasteiger partial charge >= 0.3 is 5.69 Å². The highest BCUT2D eigenvalue weighted by Gasteiger charge is 2.41. The van der Waals surface area contributed by atoms with Gasteiger partial charge in [-0.05, 0) is 37.3 Å². The highest BCUT2D eigenvalue weighted by molar-refractivity contribution is 5.41. The number of imidazole rings is 1. The number of hydrogen-bond acceptors (Lipinski definition) is 6. The average molecular weight is 478 g/mol. The molecule has 0 saturated heterocycles. The summed E-state index contributed by atoms with van der Waals surface area (Å²) in [5, 5.41) is 23.5. The summed E-state index contributed by atoms with van der Waals surface area (Å²) in [5.74, 6) is -1.71. The van der Waals surface area contributed by atoms with Crippen LogP contribution in [-0.2, 0) is 12.1 Å². The third kappa shape index (κ3) is 4.04. The molecule has 5 rings (SSSR count). The van der Waals surface area contributed by atoms with Crippen LogP contribution in [0.15, 0.2) is 84.7 Å². The molecule has 5 aromatic rings. The normalized spacial score (nSPS) is 14.1. The molecule has 0 aliphatic rings. The fourth-order valence-corrected chi connectivity index (χ4v) is 4.07. The van der Waals surface area contributed by atoms with Crippen molar-refractivity contribution >= 4 is 0 Å². The van der Waals surface area contributed by atoms with Gasteiger partial charge in [0.05, 0.1) is 36.4 Å². The Hall–Kier alpha value is -4.45. The zero-order chi connectivity index (χ0) is 24.6. The number of nitrogens with zero attached hydrogens (tertiary/aromatic N) is 8. The van der Waals surface area contributed by atoms with Crippen LogP contribution >= 0.6 is 0 Å². The number of aliphatic hydroxyl groups is 1. The van der Waals surface area contributed by atoms with Crippen molar-refractivity contribution in [3.05, 3.63) is 108 Å². The van der Waals surface area contributed by atoms with Crippen LogP contribution in [0.1, 0.15) is 18.5 Å². The first kappa shape index (κ1) is 22.3. The van der Waals surface area contributed by atoms with E-state index in [2.05, 4.69) is 20.4 Å². The van der Waals surface area contributed by atoms with Crippen molar-refractivity contribution in [2.75, 3.05) is 0 Å². The Morgan fingerprint density at radius 1 is 1.06 bits per heavy atom. The molecule has 3 aromatic heterocycles. The van der Waals surface area contributed by atoms with Gasteiger partial charge in [-0.25, -0.2) is 27.9 Å². The van der Waals surface area contributed by atoms with E-state index in [9.17, 15) is 18.7 Å². The van der Waals surface area contributed by atoms with Crippen LogP contribution in [0.4, 0.5) is 8.78 Å². The molecule has 0 saturated carbocycles. The fourth-order valence-electron chi connectivity index (χ4n) is 4.07. The lowest BCUT2D eigenvalue weighted by Gasteiger charge is -2.35. The second-order valence-electron chi connectivity index (χ2n) is 8.04. The number of hydrogen-bond donors (Lipinski definition) is 1. The molecule has 10 nitrogen and oxygen atoms in total. The van der Waals surface area contributed by atoms with Gasteiger partial charge in [0.2, 0.25) is 0 Å². The van der Waals surface area contributed by atoms with Crippen LogP contribution in [0.3, 0.4) is 0 Å². The second kappa shape index (κ2) is 8.72. The van der Waals surface area contributed by atoms with Gasteiger partial charge in [-0.15, -0.1) is 5.10 Å². The monoisotopic (exact) mass is 478 g/mol. The molecule has 2 atom stereocenters. The molecule has 0 radical (unpaired) electrons. The average Bonchev–Trinajstić information content (AvgIpc) is 3.61. The zero-order valence-electron chi connectivity index (χ0n) is 18.5. The lowest BCUT2D eigenvalue weighted by Crippen LogP contribution is -2.43. The Balaban J connectivity index is 1.53. The summed E-state index contributed by atoms with van der Waals surface area (Å²) in [5.41, 5.74) is -1.23. The molecule has 0 amide bonds. The summed E-state index contributed by atoms with van der Waals surface area (Å²) < 4.78 is 34.0. The first-order valence-electron chi connectivity index (χ1n) is 10.6. The Bertz CT molecular complexity index is 1490. The summed E-state index contributed by atoms with van der Waals surface area (Å²) in [7, 11) is 0. The first-order chi connectivity index (χ1) is 16.9. The molecule has 35 heavy (non-hydrogen) atoms. The van der Waals surface area contributed by atoms with E-state index >= 15 is 0 Å². The zero-order valence-corrected chi connectivity index (χ0v) is 18.5. The number of rotatable bonds is 7. The maximum atomic E-state index is 14.8. The SMILES string of the molecule is C[C@@H](n1ccn(-c2ccc(-n3ccnn3)cc2)c1=O)[C@](O)(Cn1cncn1)c1ccc(F)cc1F. The van der Waals surface area contributed by atoms with E-state index in [1.54, 1.807) is 54.5 Å². The van der Waals surface area contributed by atoms with Crippen LogP contribution in [0, 0.1) is 11.6 Å². The van der Waals surface area contributed by atoms with Crippen molar-refractivity contribution in [2.24, 2.45) is 0 Å². The van der Waals surface area contributed by atoms with E-state index in [0.717, 1.165) is 11.8 Å². The molecular formula is C23H20F2N8O2. The number of aromatic nitrogens is 8. The first-order valence-corrected chi connectivity index (χ1v) is 10.6. The van der Waals surface area contributed by atoms with Gasteiger partial charge in [0.15, 0.2) is 0 Å². The van der Waals surface area contributed by atoms with Crippen molar-refractivity contribution in [1.29, 1.82) is 0 Å². The third-order valence-corrected chi connectivity index (χ3v) is 5.99. The Morgan fingerprint density at radius 3 is 2.49 bits per heavy atom. The van der Waals surface area contributed by atoms with Crippen molar-refractivity contribution in [3.63, 3.8) is 0 Å². The van der Waals surface area contributed by atoms with E-state index in [1.165, 1.54) is 38.7 Å². The predicted octanol–water partition coefficient (Wildman–Crippen LogP) is 2.24. The lowest BCUT2D eigenvalue weighted by molar-refractivity contribution is -0.0342. The molecule has 0 spiro atoms. The van der Waals surface area contributed by atoms with Crippen molar-refractivity contribution in [2.45, 2.75) is 25.1 Å². The van der Waals surface area contributed by atoms with Gasteiger partial charge in [0.1, 0.15) is 29.9 Å². The molecular weight excluding hydrogens is 458 g/mol. The second-order valence-corrected chi connectivity index (χ2v) is 8.04. The molecule has 0 fully saturated rings. The van der Waals surface area contributed by atoms with Crippen LogP contribution in [0.2, 0.25) is 0 Å². The summed E-state index contributed by atoms with van der Waals surface area (Å²) >= 11 is 0. The Labute approximate surface area is 197 Å². The van der Waals surface area contributed by atoms with E-state index in [4.69, 9.17) is 0 Å². The lowest BCUT2D eigenvalue weighted by atomic mass is 9.86. The van der Waals surface area contributed by atoms with Crippen LogP contribution in [-0.4, -0.2) is 44.0 Å². The smallest absolute Gasteiger partial charge is 0.333 e. The molecule has 12 heteroatoms. The minimum absolute atomic E-state index is 0.168. The molecule has 178 valence electrons. The van der Waals surface area contributed by atoms with Gasteiger partial charge in [-0.3, -0.25) is 9.13 Å². The van der Waals surface area contributed by atoms with Crippen LogP contribution in [0.5, 0.6) is 0 Å². The summed E-state index contributed by atoms with van der Waals surface area (Å²) in [6.45, 7) is 1.36. The Kier molecular flexibility index (Phi) is 5.57. The van der Waals surface area contributed by atoms with Gasteiger partial charge in [0.25, 0.3) is 0 Å². The minimum Gasteiger partial charge on any atom is -0.381 e. The topological polar surface area (TPSA) is 109 Å². The number of halogens is 2. The highest BCUT2D eigenvalue weighted by atomic mass is 19.1. The van der Waals surface area contributed by atoms with Gasteiger partial charge in [-0.2, -0.15) is 5.10 Å². The summed E-state index contributed by atoms with van der Waals surface area (Å²) in [4.78, 5) is 17.2. The van der Waals surface area contributed by atoms with Crippen LogP contribution in [0.25, 0.3) is 11.4 Å². The number of benzene rings is 2. The maximum absolute atomic E-state index is 14.8. The molecule has 2 aromatic carbocycles. The third-order valence-electron chi connectivity index (χ3n) is 5.99. The Morgan fingerprint density at radius 2 is 1.83 bits per heavy atom. The van der Waals surface area contributed by atoms with Crippen LogP contribution < -0.4 is 5.69 Å². The minimum atomic E-state index is -1.96. The quantitative estimate of drug-likeness (QED) is 0.384. The molecule has 0 bridgehead atoms. The van der Waals surface area contributed by atoms with Gasteiger partial charge < -0.3 is 5.11 Å². The highest BCUT2D eigenvalue weighted by Crippen LogP contribution is 2.36. The van der Waals surface area contributed by atoms with E-state index in [-0.39, 0.29) is 12.1 Å². The van der Waals surface area contributed by atoms with Crippen molar-refractivity contribution < 1.29 is 13.9 Å².